The van der Waals surface area contributed by atoms with Gasteiger partial charge in [-0.3, -0.25) is 4.79 Å². The van der Waals surface area contributed by atoms with E-state index >= 15 is 0 Å². The Bertz CT molecular complexity index is 712. The van der Waals surface area contributed by atoms with Crippen molar-refractivity contribution in [2.24, 2.45) is 0 Å². The molecule has 0 bridgehead atoms. The molecule has 0 atom stereocenters. The maximum absolute atomic E-state index is 12.1. The van der Waals surface area contributed by atoms with Crippen molar-refractivity contribution in [3.63, 3.8) is 0 Å². The zero-order valence-electron chi connectivity index (χ0n) is 13.6. The van der Waals surface area contributed by atoms with E-state index in [0.29, 0.717) is 23.6 Å². The zero-order valence-corrected chi connectivity index (χ0v) is 14.4. The van der Waals surface area contributed by atoms with E-state index < -0.39 is 0 Å². The van der Waals surface area contributed by atoms with E-state index in [1.807, 2.05) is 11.3 Å². The van der Waals surface area contributed by atoms with Crippen molar-refractivity contribution in [2.75, 3.05) is 26.2 Å². The Morgan fingerprint density at radius 2 is 2.12 bits per heavy atom. The van der Waals surface area contributed by atoms with Crippen LogP contribution in [-0.2, 0) is 0 Å². The molecule has 2 heterocycles. The number of rotatable bonds is 5. The van der Waals surface area contributed by atoms with Crippen molar-refractivity contribution in [1.82, 2.24) is 10.2 Å². The first-order valence-corrected chi connectivity index (χ1v) is 9.18. The fourth-order valence-electron chi connectivity index (χ4n) is 3.12. The number of thiophene rings is 1. The molecule has 4 nitrogen and oxygen atoms in total. The summed E-state index contributed by atoms with van der Waals surface area (Å²) in [6.07, 6.45) is 2.39. The standard InChI is InChI=1S/C19H21N3OS/c20-14-15-3-1-4-17(13-15)19(23)21-8-11-22-9-6-16(7-10-22)18-5-2-12-24-18/h1-5,12-13,16H,6-11H2,(H,21,23). The molecule has 1 aliphatic rings. The summed E-state index contributed by atoms with van der Waals surface area (Å²) in [5.41, 5.74) is 1.06. The summed E-state index contributed by atoms with van der Waals surface area (Å²) < 4.78 is 0. The molecule has 0 unspecified atom stereocenters. The van der Waals surface area contributed by atoms with E-state index in [-0.39, 0.29) is 5.91 Å². The molecule has 0 radical (unpaired) electrons. The normalized spacial score (nSPS) is 15.8. The van der Waals surface area contributed by atoms with E-state index in [4.69, 9.17) is 5.26 Å². The number of nitrogens with one attached hydrogen (secondary N) is 1. The molecular formula is C19H21N3OS. The van der Waals surface area contributed by atoms with Crippen LogP contribution in [0.25, 0.3) is 0 Å². The Labute approximate surface area is 146 Å². The number of amides is 1. The quantitative estimate of drug-likeness (QED) is 0.910. The van der Waals surface area contributed by atoms with Crippen LogP contribution in [0.4, 0.5) is 0 Å². The fourth-order valence-corrected chi connectivity index (χ4v) is 4.02. The van der Waals surface area contributed by atoms with Crippen LogP contribution in [0.15, 0.2) is 41.8 Å². The number of benzene rings is 1. The number of hydrogen-bond donors (Lipinski definition) is 1. The summed E-state index contributed by atoms with van der Waals surface area (Å²) in [6, 6.07) is 13.2. The first-order valence-electron chi connectivity index (χ1n) is 8.30. The van der Waals surface area contributed by atoms with E-state index in [0.717, 1.165) is 19.6 Å². The van der Waals surface area contributed by atoms with Gasteiger partial charge in [0.25, 0.3) is 5.91 Å². The van der Waals surface area contributed by atoms with Gasteiger partial charge in [-0.25, -0.2) is 0 Å². The van der Waals surface area contributed by atoms with Crippen LogP contribution in [0.2, 0.25) is 0 Å². The molecule has 1 aromatic heterocycles. The average molecular weight is 339 g/mol. The van der Waals surface area contributed by atoms with Crippen LogP contribution in [0, 0.1) is 11.3 Å². The fraction of sp³-hybridized carbons (Fsp3) is 0.368. The van der Waals surface area contributed by atoms with Crippen LogP contribution < -0.4 is 5.32 Å². The number of carbonyl (C=O) groups excluding carboxylic acids is 1. The highest BCUT2D eigenvalue weighted by molar-refractivity contribution is 7.10. The van der Waals surface area contributed by atoms with Crippen molar-refractivity contribution in [2.45, 2.75) is 18.8 Å². The topological polar surface area (TPSA) is 56.1 Å². The zero-order chi connectivity index (χ0) is 16.8. The number of nitrogens with zero attached hydrogens (tertiary/aromatic N) is 2. The minimum absolute atomic E-state index is 0.111. The minimum Gasteiger partial charge on any atom is -0.351 e. The largest absolute Gasteiger partial charge is 0.351 e. The van der Waals surface area contributed by atoms with Gasteiger partial charge in [0, 0.05) is 23.5 Å². The molecule has 124 valence electrons. The maximum Gasteiger partial charge on any atom is 0.251 e. The lowest BCUT2D eigenvalue weighted by Crippen LogP contribution is -2.39. The second kappa shape index (κ2) is 8.09. The lowest BCUT2D eigenvalue weighted by molar-refractivity contribution is 0.0946. The Balaban J connectivity index is 1.41. The van der Waals surface area contributed by atoms with E-state index in [1.165, 1.54) is 17.7 Å². The SMILES string of the molecule is N#Cc1cccc(C(=O)NCCN2CCC(c3cccs3)CC2)c1. The van der Waals surface area contributed by atoms with Gasteiger partial charge in [0.1, 0.15) is 0 Å². The van der Waals surface area contributed by atoms with Gasteiger partial charge in [0.2, 0.25) is 0 Å². The van der Waals surface area contributed by atoms with Crippen LogP contribution in [0.3, 0.4) is 0 Å². The number of likely N-dealkylation sites (tertiary alicyclic amines) is 1. The van der Waals surface area contributed by atoms with Crippen molar-refractivity contribution in [3.8, 4) is 6.07 Å². The third-order valence-corrected chi connectivity index (χ3v) is 5.54. The van der Waals surface area contributed by atoms with Crippen LogP contribution >= 0.6 is 11.3 Å². The first-order chi connectivity index (χ1) is 11.8. The highest BCUT2D eigenvalue weighted by Gasteiger charge is 2.20. The molecular weight excluding hydrogens is 318 g/mol. The smallest absolute Gasteiger partial charge is 0.251 e. The molecule has 0 aliphatic carbocycles. The second-order valence-corrected chi connectivity index (χ2v) is 7.06. The highest BCUT2D eigenvalue weighted by atomic mass is 32.1. The molecule has 1 fully saturated rings. The summed E-state index contributed by atoms with van der Waals surface area (Å²) in [7, 11) is 0. The third-order valence-electron chi connectivity index (χ3n) is 4.50. The average Bonchev–Trinajstić information content (AvgIpc) is 3.17. The van der Waals surface area contributed by atoms with Crippen LogP contribution in [0.1, 0.15) is 39.6 Å². The van der Waals surface area contributed by atoms with Gasteiger partial charge in [0.15, 0.2) is 0 Å². The molecule has 0 spiro atoms. The molecule has 3 rings (SSSR count). The molecule has 1 aliphatic heterocycles. The molecule has 1 N–H and O–H groups in total. The Morgan fingerprint density at radius 3 is 2.83 bits per heavy atom. The summed E-state index contributed by atoms with van der Waals surface area (Å²) in [6.45, 7) is 3.69. The van der Waals surface area contributed by atoms with Crippen molar-refractivity contribution in [3.05, 3.63) is 57.8 Å². The molecule has 1 saturated heterocycles. The Morgan fingerprint density at radius 1 is 1.29 bits per heavy atom. The van der Waals surface area contributed by atoms with Crippen molar-refractivity contribution in [1.29, 1.82) is 5.26 Å². The number of carbonyl (C=O) groups is 1. The van der Waals surface area contributed by atoms with Gasteiger partial charge < -0.3 is 10.2 Å². The van der Waals surface area contributed by atoms with Crippen LogP contribution in [0.5, 0.6) is 0 Å². The number of piperidine rings is 1. The van der Waals surface area contributed by atoms with Gasteiger partial charge in [0.05, 0.1) is 11.6 Å². The number of hydrogen-bond acceptors (Lipinski definition) is 4. The molecule has 1 amide bonds. The molecule has 5 heteroatoms. The van der Waals surface area contributed by atoms with Gasteiger partial charge >= 0.3 is 0 Å². The van der Waals surface area contributed by atoms with E-state index in [1.54, 1.807) is 24.3 Å². The van der Waals surface area contributed by atoms with E-state index in [9.17, 15) is 4.79 Å². The van der Waals surface area contributed by atoms with Crippen LogP contribution in [-0.4, -0.2) is 37.0 Å². The monoisotopic (exact) mass is 339 g/mol. The van der Waals surface area contributed by atoms with Gasteiger partial charge in [-0.1, -0.05) is 12.1 Å². The molecule has 2 aromatic rings. The van der Waals surface area contributed by atoms with Crippen molar-refractivity contribution < 1.29 is 4.79 Å². The predicted octanol–water partition coefficient (Wildman–Crippen LogP) is 3.23. The summed E-state index contributed by atoms with van der Waals surface area (Å²) in [4.78, 5) is 16.0. The van der Waals surface area contributed by atoms with E-state index in [2.05, 4.69) is 33.8 Å². The van der Waals surface area contributed by atoms with Gasteiger partial charge in [-0.15, -0.1) is 11.3 Å². The summed E-state index contributed by atoms with van der Waals surface area (Å²) >= 11 is 1.85. The van der Waals surface area contributed by atoms with Gasteiger partial charge in [-0.2, -0.15) is 5.26 Å². The number of nitriles is 1. The molecule has 1 aromatic carbocycles. The third kappa shape index (κ3) is 4.22. The predicted molar refractivity (Wildman–Crippen MR) is 96.2 cm³/mol. The van der Waals surface area contributed by atoms with Gasteiger partial charge in [-0.05, 0) is 61.5 Å². The second-order valence-electron chi connectivity index (χ2n) is 6.08. The minimum atomic E-state index is -0.111. The lowest BCUT2D eigenvalue weighted by Gasteiger charge is -2.31. The molecule has 0 saturated carbocycles. The molecule has 24 heavy (non-hydrogen) atoms. The highest BCUT2D eigenvalue weighted by Crippen LogP contribution is 2.30. The maximum atomic E-state index is 12.1. The van der Waals surface area contributed by atoms with Crippen molar-refractivity contribution >= 4 is 17.2 Å². The Kier molecular flexibility index (Phi) is 5.63. The summed E-state index contributed by atoms with van der Waals surface area (Å²) in [5.74, 6) is 0.588. The first kappa shape index (κ1) is 16.7. The Hall–Kier alpha value is -2.16. The summed E-state index contributed by atoms with van der Waals surface area (Å²) in [5, 5.41) is 14.0. The lowest BCUT2D eigenvalue weighted by atomic mass is 9.95.